The first-order valence-corrected chi connectivity index (χ1v) is 8.11. The molecule has 0 spiro atoms. The molecule has 2 aromatic rings. The fourth-order valence-electron chi connectivity index (χ4n) is 2.63. The van der Waals surface area contributed by atoms with Crippen LogP contribution in [0, 0.1) is 0 Å². The summed E-state index contributed by atoms with van der Waals surface area (Å²) < 4.78 is 0. The first kappa shape index (κ1) is 17.8. The highest BCUT2D eigenvalue weighted by Gasteiger charge is 2.23. The van der Waals surface area contributed by atoms with Crippen molar-refractivity contribution in [2.24, 2.45) is 0 Å². The van der Waals surface area contributed by atoms with Gasteiger partial charge >= 0.3 is 7.12 Å². The van der Waals surface area contributed by atoms with Gasteiger partial charge in [0.05, 0.1) is 0 Å². The molecule has 0 bridgehead atoms. The average molecular weight is 310 g/mol. The molecule has 2 rings (SSSR count). The largest absolute Gasteiger partial charge is 0.489 e. The molecule has 122 valence electrons. The Morgan fingerprint density at radius 1 is 0.739 bits per heavy atom. The monoisotopic (exact) mass is 310 g/mol. The Morgan fingerprint density at radius 3 is 1.65 bits per heavy atom. The Kier molecular flexibility index (Phi) is 4.75. The van der Waals surface area contributed by atoms with Crippen LogP contribution in [-0.4, -0.2) is 17.2 Å². The zero-order valence-corrected chi connectivity index (χ0v) is 15.0. The molecule has 2 aromatic carbocycles. The van der Waals surface area contributed by atoms with Crippen molar-refractivity contribution in [1.82, 2.24) is 0 Å². The van der Waals surface area contributed by atoms with Gasteiger partial charge in [-0.05, 0) is 38.5 Å². The van der Waals surface area contributed by atoms with Gasteiger partial charge in [0.1, 0.15) is 0 Å². The van der Waals surface area contributed by atoms with E-state index in [1.54, 1.807) is 6.07 Å². The van der Waals surface area contributed by atoms with Gasteiger partial charge in [-0.15, -0.1) is 0 Å². The van der Waals surface area contributed by atoms with Crippen LogP contribution in [-0.2, 0) is 10.8 Å². The molecule has 0 atom stereocenters. The van der Waals surface area contributed by atoms with E-state index in [-0.39, 0.29) is 10.8 Å². The van der Waals surface area contributed by atoms with Crippen LogP contribution >= 0.6 is 0 Å². The van der Waals surface area contributed by atoms with E-state index < -0.39 is 7.12 Å². The minimum atomic E-state index is -1.47. The Labute approximate surface area is 140 Å². The highest BCUT2D eigenvalue weighted by Crippen LogP contribution is 2.33. The van der Waals surface area contributed by atoms with Gasteiger partial charge in [-0.25, -0.2) is 0 Å². The van der Waals surface area contributed by atoms with Crippen LogP contribution in [0.1, 0.15) is 52.7 Å². The molecular formula is C20H27BO2. The minimum Gasteiger partial charge on any atom is -0.423 e. The van der Waals surface area contributed by atoms with Gasteiger partial charge in [-0.1, -0.05) is 84.0 Å². The molecule has 3 heteroatoms. The number of rotatable bonds is 2. The summed E-state index contributed by atoms with van der Waals surface area (Å²) in [6.07, 6.45) is 0. The summed E-state index contributed by atoms with van der Waals surface area (Å²) in [6, 6.07) is 14.1. The van der Waals surface area contributed by atoms with Crippen molar-refractivity contribution in [1.29, 1.82) is 0 Å². The van der Waals surface area contributed by atoms with Crippen LogP contribution in [0.15, 0.2) is 42.5 Å². The third kappa shape index (κ3) is 4.04. The van der Waals surface area contributed by atoms with Gasteiger partial charge in [0.15, 0.2) is 0 Å². The third-order valence-corrected chi connectivity index (χ3v) is 4.22. The molecule has 0 fully saturated rings. The smallest absolute Gasteiger partial charge is 0.423 e. The first-order valence-electron chi connectivity index (χ1n) is 8.11. The molecule has 0 unspecified atom stereocenters. The maximum atomic E-state index is 9.68. The van der Waals surface area contributed by atoms with Gasteiger partial charge in [-0.3, -0.25) is 0 Å². The lowest BCUT2D eigenvalue weighted by Crippen LogP contribution is -2.31. The van der Waals surface area contributed by atoms with Crippen LogP contribution in [0.4, 0.5) is 0 Å². The van der Waals surface area contributed by atoms with Gasteiger partial charge in [0, 0.05) is 0 Å². The maximum Gasteiger partial charge on any atom is 0.489 e. The molecule has 0 amide bonds. The Balaban J connectivity index is 2.73. The molecule has 0 radical (unpaired) electrons. The van der Waals surface area contributed by atoms with Crippen LogP contribution in [0.5, 0.6) is 0 Å². The molecule has 0 saturated heterocycles. The second kappa shape index (κ2) is 6.14. The molecule has 0 saturated carbocycles. The van der Waals surface area contributed by atoms with Crippen molar-refractivity contribution in [3.05, 3.63) is 53.6 Å². The van der Waals surface area contributed by atoms with Gasteiger partial charge in [0.2, 0.25) is 0 Å². The lowest BCUT2D eigenvalue weighted by atomic mass is 9.73. The summed E-state index contributed by atoms with van der Waals surface area (Å²) in [5.41, 5.74) is 5.01. The summed E-state index contributed by atoms with van der Waals surface area (Å²) in [7, 11) is -1.47. The van der Waals surface area contributed by atoms with Gasteiger partial charge in [0.25, 0.3) is 0 Å². The predicted octanol–water partition coefficient (Wildman–Crippen LogP) is 3.63. The van der Waals surface area contributed by atoms with Crippen molar-refractivity contribution in [3.63, 3.8) is 0 Å². The quantitative estimate of drug-likeness (QED) is 0.832. The molecule has 0 aliphatic rings. The standard InChI is InChI=1S/C20H27BO2/c1-19(2,3)15-11-14(12-16(13-15)20(4,5)6)17-9-7-8-10-18(17)21(22)23/h7-13,22-23H,1-6H3. The van der Waals surface area contributed by atoms with Crippen molar-refractivity contribution >= 4 is 12.6 Å². The first-order chi connectivity index (χ1) is 10.5. The van der Waals surface area contributed by atoms with Crippen molar-refractivity contribution < 1.29 is 10.0 Å². The average Bonchev–Trinajstić information content (AvgIpc) is 2.45. The molecule has 0 heterocycles. The lowest BCUT2D eigenvalue weighted by Gasteiger charge is -2.26. The lowest BCUT2D eigenvalue weighted by molar-refractivity contribution is 0.426. The number of hydrogen-bond donors (Lipinski definition) is 2. The van der Waals surface area contributed by atoms with Crippen LogP contribution in [0.3, 0.4) is 0 Å². The molecule has 2 N–H and O–H groups in total. The Bertz CT molecular complexity index is 659. The molecule has 0 aromatic heterocycles. The van der Waals surface area contributed by atoms with Crippen molar-refractivity contribution in [2.75, 3.05) is 0 Å². The van der Waals surface area contributed by atoms with E-state index in [2.05, 4.69) is 59.7 Å². The summed E-state index contributed by atoms with van der Waals surface area (Å²) in [5.74, 6) is 0. The molecular weight excluding hydrogens is 283 g/mol. The highest BCUT2D eigenvalue weighted by atomic mass is 16.4. The maximum absolute atomic E-state index is 9.68. The van der Waals surface area contributed by atoms with Gasteiger partial charge in [-0.2, -0.15) is 0 Å². The predicted molar refractivity (Wildman–Crippen MR) is 99.1 cm³/mol. The third-order valence-electron chi connectivity index (χ3n) is 4.22. The van der Waals surface area contributed by atoms with E-state index in [4.69, 9.17) is 0 Å². The van der Waals surface area contributed by atoms with E-state index in [1.807, 2.05) is 18.2 Å². The van der Waals surface area contributed by atoms with E-state index >= 15 is 0 Å². The Hall–Kier alpha value is -1.58. The highest BCUT2D eigenvalue weighted by molar-refractivity contribution is 6.60. The molecule has 0 aliphatic heterocycles. The van der Waals surface area contributed by atoms with Gasteiger partial charge < -0.3 is 10.0 Å². The minimum absolute atomic E-state index is 0.0305. The molecule has 23 heavy (non-hydrogen) atoms. The topological polar surface area (TPSA) is 40.5 Å². The van der Waals surface area contributed by atoms with Crippen molar-refractivity contribution in [2.45, 2.75) is 52.4 Å². The summed E-state index contributed by atoms with van der Waals surface area (Å²) in [6.45, 7) is 13.2. The number of benzene rings is 2. The fraction of sp³-hybridized carbons (Fsp3) is 0.400. The zero-order chi connectivity index (χ0) is 17.4. The Morgan fingerprint density at radius 2 is 1.22 bits per heavy atom. The number of hydrogen-bond acceptors (Lipinski definition) is 2. The van der Waals surface area contributed by atoms with E-state index in [9.17, 15) is 10.0 Å². The summed E-state index contributed by atoms with van der Waals surface area (Å²) >= 11 is 0. The van der Waals surface area contributed by atoms with E-state index in [0.717, 1.165) is 11.1 Å². The fourth-order valence-corrected chi connectivity index (χ4v) is 2.63. The summed E-state index contributed by atoms with van der Waals surface area (Å²) in [5, 5.41) is 19.4. The second-order valence-corrected chi connectivity index (χ2v) is 8.26. The van der Waals surface area contributed by atoms with E-state index in [1.165, 1.54) is 11.1 Å². The normalized spacial score (nSPS) is 12.3. The van der Waals surface area contributed by atoms with Crippen LogP contribution < -0.4 is 5.46 Å². The molecule has 2 nitrogen and oxygen atoms in total. The van der Waals surface area contributed by atoms with E-state index in [0.29, 0.717) is 5.46 Å². The zero-order valence-electron chi connectivity index (χ0n) is 15.0. The molecule has 0 aliphatic carbocycles. The van der Waals surface area contributed by atoms with Crippen LogP contribution in [0.2, 0.25) is 0 Å². The van der Waals surface area contributed by atoms with Crippen molar-refractivity contribution in [3.8, 4) is 11.1 Å². The second-order valence-electron chi connectivity index (χ2n) is 8.26. The SMILES string of the molecule is CC(C)(C)c1cc(-c2ccccc2B(O)O)cc(C(C)(C)C)c1. The summed E-state index contributed by atoms with van der Waals surface area (Å²) in [4.78, 5) is 0. The van der Waals surface area contributed by atoms with Crippen LogP contribution in [0.25, 0.3) is 11.1 Å².